The van der Waals surface area contributed by atoms with E-state index in [2.05, 4.69) is 77.7 Å². The summed E-state index contributed by atoms with van der Waals surface area (Å²) in [5, 5.41) is 27.3. The maximum atomic E-state index is 10.4. The number of aryl methyl sites for hydroxylation is 1. The normalized spacial score (nSPS) is 20.2. The number of hydroxylamine groups is 2. The zero-order valence-electron chi connectivity index (χ0n) is 22.6. The molecule has 6 nitrogen and oxygen atoms in total. The fourth-order valence-corrected chi connectivity index (χ4v) is 5.29. The Morgan fingerprint density at radius 3 is 2.38 bits per heavy atom. The monoisotopic (exact) mass is 523 g/mol. The van der Waals surface area contributed by atoms with Crippen LogP contribution in [0.3, 0.4) is 0 Å². The lowest BCUT2D eigenvalue weighted by Crippen LogP contribution is -2.43. The molecule has 0 unspecified atom stereocenters. The van der Waals surface area contributed by atoms with Gasteiger partial charge >= 0.3 is 0 Å². The molecule has 0 aliphatic carbocycles. The van der Waals surface area contributed by atoms with Gasteiger partial charge in [-0.1, -0.05) is 59.9 Å². The predicted molar refractivity (Wildman–Crippen MR) is 155 cm³/mol. The number of aliphatic hydroxyl groups excluding tert-OH is 2. The third kappa shape index (κ3) is 6.59. The number of nitrogens with zero attached hydrogens (tertiary/aromatic N) is 1. The van der Waals surface area contributed by atoms with E-state index >= 15 is 0 Å². The lowest BCUT2D eigenvalue weighted by atomic mass is 9.92. The van der Waals surface area contributed by atoms with Gasteiger partial charge in [-0.25, -0.2) is 0 Å². The Morgan fingerprint density at radius 1 is 1.00 bits per heavy atom. The number of benzene rings is 3. The van der Waals surface area contributed by atoms with Gasteiger partial charge in [-0.2, -0.15) is 5.06 Å². The largest absolute Gasteiger partial charge is 0.396 e. The zero-order valence-corrected chi connectivity index (χ0v) is 22.6. The SMILES string of the molecule is Cc1ccc(C#Cc2ccc(CN3O[C@@H]([C@@H](C)O)[C@@H](CO)[C@H]3CNCCc3c[nH]c4ccccc34)cc2)cc1. The zero-order chi connectivity index (χ0) is 27.2. The number of aromatic nitrogens is 1. The predicted octanol–water partition coefficient (Wildman–Crippen LogP) is 4.18. The molecule has 1 fully saturated rings. The van der Waals surface area contributed by atoms with Crippen molar-refractivity contribution in [3.8, 4) is 11.8 Å². The number of para-hydroxylation sites is 1. The van der Waals surface area contributed by atoms with E-state index in [0.29, 0.717) is 13.1 Å². The van der Waals surface area contributed by atoms with Gasteiger partial charge in [0.2, 0.25) is 0 Å². The molecule has 0 saturated carbocycles. The van der Waals surface area contributed by atoms with E-state index in [1.54, 1.807) is 6.92 Å². The number of H-pyrrole nitrogens is 1. The van der Waals surface area contributed by atoms with E-state index < -0.39 is 12.2 Å². The van der Waals surface area contributed by atoms with Crippen molar-refractivity contribution < 1.29 is 15.1 Å². The Balaban J connectivity index is 1.22. The lowest BCUT2D eigenvalue weighted by Gasteiger charge is -2.25. The smallest absolute Gasteiger partial charge is 0.111 e. The first-order valence-electron chi connectivity index (χ1n) is 13.7. The molecular weight excluding hydrogens is 486 g/mol. The molecule has 6 heteroatoms. The molecule has 4 N–H and O–H groups in total. The summed E-state index contributed by atoms with van der Waals surface area (Å²) in [6, 6.07) is 24.6. The number of aromatic amines is 1. The summed E-state index contributed by atoms with van der Waals surface area (Å²) < 4.78 is 0. The fourth-order valence-electron chi connectivity index (χ4n) is 5.29. The quantitative estimate of drug-likeness (QED) is 0.196. The minimum Gasteiger partial charge on any atom is -0.396 e. The van der Waals surface area contributed by atoms with E-state index in [1.807, 2.05) is 35.4 Å². The van der Waals surface area contributed by atoms with Crippen molar-refractivity contribution >= 4 is 10.9 Å². The van der Waals surface area contributed by atoms with Crippen LogP contribution >= 0.6 is 0 Å². The fraction of sp³-hybridized carbons (Fsp3) is 0.333. The third-order valence-electron chi connectivity index (χ3n) is 7.52. The summed E-state index contributed by atoms with van der Waals surface area (Å²) in [7, 11) is 0. The second kappa shape index (κ2) is 12.6. The van der Waals surface area contributed by atoms with Crippen molar-refractivity contribution in [1.82, 2.24) is 15.4 Å². The van der Waals surface area contributed by atoms with Gasteiger partial charge in [0.25, 0.3) is 0 Å². The summed E-state index contributed by atoms with van der Waals surface area (Å²) in [5.74, 6) is 6.26. The minimum absolute atomic E-state index is 0.0472. The number of aliphatic hydroxyl groups is 2. The molecule has 1 aliphatic heterocycles. The van der Waals surface area contributed by atoms with Crippen LogP contribution in [0.2, 0.25) is 0 Å². The third-order valence-corrected chi connectivity index (χ3v) is 7.52. The van der Waals surface area contributed by atoms with Crippen LogP contribution in [0.15, 0.2) is 79.0 Å². The van der Waals surface area contributed by atoms with Crippen LogP contribution < -0.4 is 5.32 Å². The number of fused-ring (bicyclic) bond motifs is 1. The summed E-state index contributed by atoms with van der Waals surface area (Å²) in [6.07, 6.45) is 1.84. The first-order chi connectivity index (χ1) is 19.0. The average Bonchev–Trinajstić information content (AvgIpc) is 3.52. The van der Waals surface area contributed by atoms with Crippen LogP contribution in [0.25, 0.3) is 10.9 Å². The van der Waals surface area contributed by atoms with E-state index in [-0.39, 0.29) is 18.6 Å². The molecule has 4 aromatic rings. The molecule has 202 valence electrons. The first kappa shape index (κ1) is 27.1. The number of nitrogens with one attached hydrogen (secondary N) is 2. The van der Waals surface area contributed by atoms with E-state index in [4.69, 9.17) is 4.84 Å². The molecule has 1 aromatic heterocycles. The number of hydrogen-bond donors (Lipinski definition) is 4. The van der Waals surface area contributed by atoms with Crippen molar-refractivity contribution in [3.63, 3.8) is 0 Å². The summed E-state index contributed by atoms with van der Waals surface area (Å²) in [5.41, 5.74) is 6.68. The second-order valence-corrected chi connectivity index (χ2v) is 10.4. The van der Waals surface area contributed by atoms with E-state index in [9.17, 15) is 10.2 Å². The maximum absolute atomic E-state index is 10.4. The molecule has 39 heavy (non-hydrogen) atoms. The first-order valence-corrected chi connectivity index (χ1v) is 13.7. The molecule has 3 aromatic carbocycles. The molecule has 0 spiro atoms. The highest BCUT2D eigenvalue weighted by Gasteiger charge is 2.44. The van der Waals surface area contributed by atoms with Crippen LogP contribution in [0.4, 0.5) is 0 Å². The van der Waals surface area contributed by atoms with Gasteiger partial charge in [0.1, 0.15) is 6.10 Å². The Labute approximate surface area is 230 Å². The summed E-state index contributed by atoms with van der Waals surface area (Å²) >= 11 is 0. The molecule has 1 saturated heterocycles. The van der Waals surface area contributed by atoms with Crippen LogP contribution in [0, 0.1) is 24.7 Å². The van der Waals surface area contributed by atoms with Crippen molar-refractivity contribution in [2.75, 3.05) is 19.7 Å². The molecule has 2 heterocycles. The van der Waals surface area contributed by atoms with Gasteiger partial charge in [-0.15, -0.1) is 0 Å². The highest BCUT2D eigenvalue weighted by molar-refractivity contribution is 5.83. The number of hydrogen-bond acceptors (Lipinski definition) is 5. The number of rotatable bonds is 9. The van der Waals surface area contributed by atoms with Crippen molar-refractivity contribution in [1.29, 1.82) is 0 Å². The highest BCUT2D eigenvalue weighted by Crippen LogP contribution is 2.31. The van der Waals surface area contributed by atoms with Gasteiger partial charge in [0.15, 0.2) is 0 Å². The molecule has 4 atom stereocenters. The molecule has 0 bridgehead atoms. The van der Waals surface area contributed by atoms with Crippen LogP contribution in [-0.4, -0.2) is 58.2 Å². The maximum Gasteiger partial charge on any atom is 0.111 e. The molecular formula is C33H37N3O3. The Bertz CT molecular complexity index is 1420. The summed E-state index contributed by atoms with van der Waals surface area (Å²) in [4.78, 5) is 9.53. The van der Waals surface area contributed by atoms with Crippen molar-refractivity contribution in [2.24, 2.45) is 5.92 Å². The summed E-state index contributed by atoms with van der Waals surface area (Å²) in [6.45, 7) is 5.75. The van der Waals surface area contributed by atoms with Crippen LogP contribution in [0.1, 0.15) is 34.7 Å². The molecule has 0 radical (unpaired) electrons. The lowest BCUT2D eigenvalue weighted by molar-refractivity contribution is -0.189. The van der Waals surface area contributed by atoms with Crippen LogP contribution in [0.5, 0.6) is 0 Å². The Morgan fingerprint density at radius 2 is 1.69 bits per heavy atom. The second-order valence-electron chi connectivity index (χ2n) is 10.4. The molecule has 5 rings (SSSR count). The van der Waals surface area contributed by atoms with Gasteiger partial charge in [0, 0.05) is 47.2 Å². The van der Waals surface area contributed by atoms with Gasteiger partial charge < -0.3 is 20.5 Å². The standard InChI is InChI=1S/C33H37N3O3/c1-23-7-9-25(10-8-23)11-12-26-13-15-27(16-14-26)21-36-32(30(22-37)33(39-36)24(2)38)20-34-18-17-28-19-35-31-6-4-3-5-29(28)31/h3-10,13-16,19,24,30,32-35,37-38H,17-18,20-22H2,1-2H3/t24-,30+,32-,33+/m1/s1. The topological polar surface area (TPSA) is 80.8 Å². The van der Waals surface area contributed by atoms with Crippen molar-refractivity contribution in [2.45, 2.75) is 45.1 Å². The van der Waals surface area contributed by atoms with Gasteiger partial charge in [-0.3, -0.25) is 4.84 Å². The highest BCUT2D eigenvalue weighted by atomic mass is 16.7. The van der Waals surface area contributed by atoms with E-state index in [0.717, 1.165) is 35.2 Å². The van der Waals surface area contributed by atoms with Gasteiger partial charge in [0.05, 0.1) is 18.8 Å². The molecule has 0 amide bonds. The minimum atomic E-state index is -0.680. The Hall–Kier alpha value is -3.44. The molecule has 1 aliphatic rings. The van der Waals surface area contributed by atoms with Crippen LogP contribution in [-0.2, 0) is 17.8 Å². The van der Waals surface area contributed by atoms with Gasteiger partial charge in [-0.05, 0) is 68.3 Å². The average molecular weight is 524 g/mol. The van der Waals surface area contributed by atoms with Crippen molar-refractivity contribution in [3.05, 3.63) is 107 Å². The Kier molecular flexibility index (Phi) is 8.77. The van der Waals surface area contributed by atoms with E-state index in [1.165, 1.54) is 16.5 Å².